The predicted octanol–water partition coefficient (Wildman–Crippen LogP) is 2.31. The Morgan fingerprint density at radius 2 is 2.33 bits per heavy atom. The fourth-order valence-corrected chi connectivity index (χ4v) is 2.22. The van der Waals surface area contributed by atoms with Crippen LogP contribution in [0, 0.1) is 0 Å². The maximum atomic E-state index is 4.16. The van der Waals surface area contributed by atoms with E-state index in [9.17, 15) is 0 Å². The summed E-state index contributed by atoms with van der Waals surface area (Å²) >= 11 is 5.79. The van der Waals surface area contributed by atoms with Crippen LogP contribution in [0.15, 0.2) is 41.7 Å². The lowest BCUT2D eigenvalue weighted by Crippen LogP contribution is -1.90. The lowest BCUT2D eigenvalue weighted by atomic mass is 10.4. The van der Waals surface area contributed by atoms with Crippen LogP contribution in [0.5, 0.6) is 0 Å². The minimum Gasteiger partial charge on any atom is -0.277 e. The van der Waals surface area contributed by atoms with Crippen molar-refractivity contribution in [2.24, 2.45) is 0 Å². The van der Waals surface area contributed by atoms with Gasteiger partial charge in [0.2, 0.25) is 0 Å². The first-order valence-corrected chi connectivity index (χ1v) is 6.13. The molecular weight excluding hydrogens is 226 g/mol. The molecule has 78 valence electrons. The molecule has 0 N–H and O–H groups in total. The highest BCUT2D eigenvalue weighted by Gasteiger charge is 2.04. The Kier molecular flexibility index (Phi) is 3.33. The van der Waals surface area contributed by atoms with Gasteiger partial charge in [-0.15, -0.1) is 10.2 Å². The molecule has 0 unspecified atom stereocenters. The minimum absolute atomic E-state index is 0.712. The van der Waals surface area contributed by atoms with Crippen molar-refractivity contribution in [1.82, 2.24) is 14.6 Å². The normalized spacial score (nSPS) is 10.7. The van der Waals surface area contributed by atoms with Gasteiger partial charge in [0.15, 0.2) is 10.8 Å². The summed E-state index contributed by atoms with van der Waals surface area (Å²) in [6.07, 6.45) is 1.96. The number of thiol groups is 1. The first-order chi connectivity index (χ1) is 7.31. The molecule has 2 rings (SSSR count). The number of nitrogens with zero attached hydrogens (tertiary/aromatic N) is 3. The molecule has 0 aliphatic rings. The molecule has 0 bridgehead atoms. The van der Waals surface area contributed by atoms with Gasteiger partial charge in [-0.1, -0.05) is 30.0 Å². The van der Waals surface area contributed by atoms with E-state index in [2.05, 4.69) is 29.4 Å². The Morgan fingerprint density at radius 1 is 1.47 bits per heavy atom. The van der Waals surface area contributed by atoms with Crippen molar-refractivity contribution in [1.29, 1.82) is 0 Å². The van der Waals surface area contributed by atoms with Gasteiger partial charge in [-0.3, -0.25) is 4.40 Å². The van der Waals surface area contributed by atoms with Crippen LogP contribution in [0.3, 0.4) is 0 Å². The maximum absolute atomic E-state index is 4.16. The Balaban J connectivity index is 2.18. The molecule has 0 radical (unpaired) electrons. The Morgan fingerprint density at radius 3 is 3.13 bits per heavy atom. The van der Waals surface area contributed by atoms with E-state index in [1.165, 1.54) is 0 Å². The second-order valence-corrected chi connectivity index (χ2v) is 4.37. The van der Waals surface area contributed by atoms with Gasteiger partial charge in [0, 0.05) is 17.7 Å². The number of hydrogen-bond acceptors (Lipinski definition) is 4. The number of fused-ring (bicyclic) bond motifs is 1. The lowest BCUT2D eigenvalue weighted by molar-refractivity contribution is 0.922. The fourth-order valence-electron chi connectivity index (χ4n) is 1.13. The molecule has 0 aliphatic heterocycles. The Labute approximate surface area is 98.0 Å². The SMILES string of the molecule is C=C(CS)CSc1nnc2ccccn12. The summed E-state index contributed by atoms with van der Waals surface area (Å²) in [6.45, 7) is 3.90. The number of rotatable bonds is 4. The number of aromatic nitrogens is 3. The summed E-state index contributed by atoms with van der Waals surface area (Å²) in [5.41, 5.74) is 1.97. The fraction of sp³-hybridized carbons (Fsp3) is 0.200. The molecule has 0 fully saturated rings. The van der Waals surface area contributed by atoms with E-state index in [0.717, 1.165) is 22.1 Å². The molecule has 0 saturated heterocycles. The van der Waals surface area contributed by atoms with Crippen molar-refractivity contribution < 1.29 is 0 Å². The molecular formula is C10H11N3S2. The van der Waals surface area contributed by atoms with Crippen molar-refractivity contribution in [3.63, 3.8) is 0 Å². The summed E-state index contributed by atoms with van der Waals surface area (Å²) in [5, 5.41) is 9.07. The average Bonchev–Trinajstić information content (AvgIpc) is 2.69. The van der Waals surface area contributed by atoms with E-state index in [1.54, 1.807) is 11.8 Å². The van der Waals surface area contributed by atoms with Crippen LogP contribution in [0.1, 0.15) is 0 Å². The second-order valence-electron chi connectivity index (χ2n) is 3.11. The first-order valence-electron chi connectivity index (χ1n) is 4.51. The quantitative estimate of drug-likeness (QED) is 0.503. The molecule has 2 heterocycles. The maximum Gasteiger partial charge on any atom is 0.195 e. The molecule has 3 nitrogen and oxygen atoms in total. The molecule has 15 heavy (non-hydrogen) atoms. The van der Waals surface area contributed by atoms with Crippen LogP contribution in [-0.4, -0.2) is 26.1 Å². The van der Waals surface area contributed by atoms with Crippen LogP contribution >= 0.6 is 24.4 Å². The van der Waals surface area contributed by atoms with Crippen molar-refractivity contribution in [2.45, 2.75) is 5.16 Å². The van der Waals surface area contributed by atoms with Crippen LogP contribution in [0.4, 0.5) is 0 Å². The van der Waals surface area contributed by atoms with Gasteiger partial charge in [0.05, 0.1) is 0 Å². The number of thioether (sulfide) groups is 1. The van der Waals surface area contributed by atoms with Crippen LogP contribution in [0.25, 0.3) is 5.65 Å². The van der Waals surface area contributed by atoms with E-state index in [1.807, 2.05) is 28.8 Å². The Hall–Kier alpha value is -0.940. The molecule has 0 spiro atoms. The van der Waals surface area contributed by atoms with Crippen LogP contribution < -0.4 is 0 Å². The number of pyridine rings is 1. The molecule has 0 aliphatic carbocycles. The van der Waals surface area contributed by atoms with E-state index in [4.69, 9.17) is 0 Å². The zero-order valence-electron chi connectivity index (χ0n) is 8.13. The predicted molar refractivity (Wildman–Crippen MR) is 66.7 cm³/mol. The van der Waals surface area contributed by atoms with E-state index >= 15 is 0 Å². The van der Waals surface area contributed by atoms with Crippen molar-refractivity contribution >= 4 is 30.0 Å². The minimum atomic E-state index is 0.712. The highest BCUT2D eigenvalue weighted by Crippen LogP contribution is 2.18. The molecule has 0 aromatic carbocycles. The van der Waals surface area contributed by atoms with Gasteiger partial charge >= 0.3 is 0 Å². The molecule has 5 heteroatoms. The van der Waals surface area contributed by atoms with Crippen molar-refractivity contribution in [2.75, 3.05) is 11.5 Å². The van der Waals surface area contributed by atoms with Crippen LogP contribution in [-0.2, 0) is 0 Å². The first kappa shape index (κ1) is 10.6. The van der Waals surface area contributed by atoms with Crippen molar-refractivity contribution in [3.8, 4) is 0 Å². The molecule has 2 aromatic rings. The van der Waals surface area contributed by atoms with E-state index < -0.39 is 0 Å². The van der Waals surface area contributed by atoms with Gasteiger partial charge < -0.3 is 0 Å². The van der Waals surface area contributed by atoms with Gasteiger partial charge in [-0.25, -0.2) is 0 Å². The second kappa shape index (κ2) is 4.72. The molecule has 0 amide bonds. The smallest absolute Gasteiger partial charge is 0.195 e. The summed E-state index contributed by atoms with van der Waals surface area (Å²) in [6, 6.07) is 5.85. The number of hydrogen-bond donors (Lipinski definition) is 1. The van der Waals surface area contributed by atoms with Gasteiger partial charge in [0.1, 0.15) is 0 Å². The summed E-state index contributed by atoms with van der Waals surface area (Å²) in [4.78, 5) is 0. The molecule has 2 aromatic heterocycles. The summed E-state index contributed by atoms with van der Waals surface area (Å²) < 4.78 is 1.97. The highest BCUT2D eigenvalue weighted by molar-refractivity contribution is 7.99. The average molecular weight is 237 g/mol. The third-order valence-electron chi connectivity index (χ3n) is 1.91. The molecule has 0 saturated carbocycles. The largest absolute Gasteiger partial charge is 0.277 e. The summed E-state index contributed by atoms with van der Waals surface area (Å²) in [7, 11) is 0. The zero-order chi connectivity index (χ0) is 10.7. The van der Waals surface area contributed by atoms with Gasteiger partial charge in [0.25, 0.3) is 0 Å². The van der Waals surface area contributed by atoms with Crippen molar-refractivity contribution in [3.05, 3.63) is 36.5 Å². The third kappa shape index (κ3) is 2.35. The van der Waals surface area contributed by atoms with Gasteiger partial charge in [-0.2, -0.15) is 12.6 Å². The summed E-state index contributed by atoms with van der Waals surface area (Å²) in [5.74, 6) is 1.54. The van der Waals surface area contributed by atoms with E-state index in [0.29, 0.717) is 5.75 Å². The molecule has 0 atom stereocenters. The van der Waals surface area contributed by atoms with Crippen LogP contribution in [0.2, 0.25) is 0 Å². The lowest BCUT2D eigenvalue weighted by Gasteiger charge is -2.00. The topological polar surface area (TPSA) is 30.2 Å². The third-order valence-corrected chi connectivity index (χ3v) is 3.45. The zero-order valence-corrected chi connectivity index (χ0v) is 9.84. The highest BCUT2D eigenvalue weighted by atomic mass is 32.2. The van der Waals surface area contributed by atoms with Gasteiger partial charge in [-0.05, 0) is 12.1 Å². The Bertz CT molecular complexity index is 478. The standard InChI is InChI=1S/C10H11N3S2/c1-8(6-14)7-15-10-12-11-9-4-2-3-5-13(9)10/h2-5,14H,1,6-7H2. The monoisotopic (exact) mass is 237 g/mol. The van der Waals surface area contributed by atoms with E-state index in [-0.39, 0.29) is 0 Å².